The van der Waals surface area contributed by atoms with Gasteiger partial charge < -0.3 is 5.73 Å². The van der Waals surface area contributed by atoms with E-state index in [0.717, 1.165) is 5.56 Å². The van der Waals surface area contributed by atoms with Crippen LogP contribution >= 0.6 is 23.8 Å². The minimum Gasteiger partial charge on any atom is -0.392 e. The zero-order valence-electron chi connectivity index (χ0n) is 8.34. The molecule has 0 saturated heterocycles. The number of likely N-dealkylation sites (N-methyl/N-ethyl adjacent to an activating group) is 1. The van der Waals surface area contributed by atoms with Crippen molar-refractivity contribution in [2.24, 2.45) is 5.73 Å². The molecule has 0 bridgehead atoms. The number of benzene rings is 1. The second kappa shape index (κ2) is 5.39. The molecule has 2 N–H and O–H groups in total. The first-order chi connectivity index (χ1) is 6.99. The van der Waals surface area contributed by atoms with Crippen molar-refractivity contribution in [3.8, 4) is 0 Å². The van der Waals surface area contributed by atoms with Crippen molar-refractivity contribution in [2.75, 3.05) is 13.6 Å². The van der Waals surface area contributed by atoms with Gasteiger partial charge in [-0.25, -0.2) is 4.39 Å². The van der Waals surface area contributed by atoms with Gasteiger partial charge in [-0.3, -0.25) is 4.90 Å². The normalized spacial score (nSPS) is 10.7. The zero-order valence-corrected chi connectivity index (χ0v) is 9.91. The summed E-state index contributed by atoms with van der Waals surface area (Å²) in [5.74, 6) is -0.405. The van der Waals surface area contributed by atoms with Crippen molar-refractivity contribution < 1.29 is 4.39 Å². The molecule has 82 valence electrons. The molecule has 0 radical (unpaired) electrons. The molecule has 1 aromatic carbocycles. The molecule has 0 fully saturated rings. The largest absolute Gasteiger partial charge is 0.392 e. The van der Waals surface area contributed by atoms with Gasteiger partial charge in [0.2, 0.25) is 0 Å². The fraction of sp³-hybridized carbons (Fsp3) is 0.300. The molecule has 0 aliphatic rings. The van der Waals surface area contributed by atoms with Gasteiger partial charge >= 0.3 is 0 Å². The van der Waals surface area contributed by atoms with E-state index in [-0.39, 0.29) is 5.02 Å². The molecule has 0 atom stereocenters. The molecule has 2 nitrogen and oxygen atoms in total. The summed E-state index contributed by atoms with van der Waals surface area (Å²) in [6, 6.07) is 4.65. The molecule has 15 heavy (non-hydrogen) atoms. The minimum absolute atomic E-state index is 0.135. The molecule has 0 aromatic heterocycles. The topological polar surface area (TPSA) is 29.3 Å². The van der Waals surface area contributed by atoms with Crippen LogP contribution in [0.2, 0.25) is 5.02 Å². The Hall–Kier alpha value is -0.710. The van der Waals surface area contributed by atoms with Crippen LogP contribution in [0, 0.1) is 5.82 Å². The van der Waals surface area contributed by atoms with Crippen molar-refractivity contribution >= 4 is 28.8 Å². The Morgan fingerprint density at radius 3 is 2.80 bits per heavy atom. The second-order valence-corrected chi connectivity index (χ2v) is 4.32. The fourth-order valence-electron chi connectivity index (χ4n) is 1.27. The molecule has 0 spiro atoms. The van der Waals surface area contributed by atoms with E-state index in [9.17, 15) is 4.39 Å². The number of hydrogen-bond acceptors (Lipinski definition) is 2. The van der Waals surface area contributed by atoms with Crippen LogP contribution in [0.5, 0.6) is 0 Å². The third-order valence-corrected chi connectivity index (χ3v) is 2.28. The van der Waals surface area contributed by atoms with Gasteiger partial charge in [0.25, 0.3) is 0 Å². The maximum atomic E-state index is 12.9. The van der Waals surface area contributed by atoms with Crippen LogP contribution in [-0.4, -0.2) is 23.5 Å². The maximum absolute atomic E-state index is 12.9. The predicted octanol–water partition coefficient (Wildman–Crippen LogP) is 2.20. The highest BCUT2D eigenvalue weighted by Gasteiger charge is 2.04. The van der Waals surface area contributed by atoms with Gasteiger partial charge in [0.1, 0.15) is 5.82 Å². The van der Waals surface area contributed by atoms with E-state index < -0.39 is 5.82 Å². The van der Waals surface area contributed by atoms with E-state index >= 15 is 0 Å². The summed E-state index contributed by atoms with van der Waals surface area (Å²) in [6.07, 6.45) is 0. The van der Waals surface area contributed by atoms with E-state index in [4.69, 9.17) is 29.6 Å². The van der Waals surface area contributed by atoms with Crippen molar-refractivity contribution in [3.05, 3.63) is 34.6 Å². The Balaban J connectivity index is 2.64. The van der Waals surface area contributed by atoms with E-state index in [1.807, 2.05) is 11.9 Å². The SMILES string of the molecule is CN(CC(N)=S)Cc1ccc(F)c(Cl)c1. The number of hydrogen-bond donors (Lipinski definition) is 1. The van der Waals surface area contributed by atoms with E-state index in [2.05, 4.69) is 0 Å². The Labute approximate surface area is 98.8 Å². The third kappa shape index (κ3) is 4.11. The van der Waals surface area contributed by atoms with Gasteiger partial charge in [-0.1, -0.05) is 29.9 Å². The van der Waals surface area contributed by atoms with Crippen LogP contribution < -0.4 is 5.73 Å². The number of thiocarbonyl (C=S) groups is 1. The Morgan fingerprint density at radius 1 is 1.60 bits per heavy atom. The lowest BCUT2D eigenvalue weighted by atomic mass is 10.2. The van der Waals surface area contributed by atoms with Crippen LogP contribution in [0.3, 0.4) is 0 Å². The molecule has 1 rings (SSSR count). The molecule has 0 aliphatic carbocycles. The molecule has 0 amide bonds. The van der Waals surface area contributed by atoms with Crippen molar-refractivity contribution in [2.45, 2.75) is 6.54 Å². The van der Waals surface area contributed by atoms with Crippen LogP contribution in [0.15, 0.2) is 18.2 Å². The van der Waals surface area contributed by atoms with Gasteiger partial charge in [-0.2, -0.15) is 0 Å². The van der Waals surface area contributed by atoms with Gasteiger partial charge in [-0.15, -0.1) is 0 Å². The van der Waals surface area contributed by atoms with Crippen molar-refractivity contribution in [3.63, 3.8) is 0 Å². The maximum Gasteiger partial charge on any atom is 0.141 e. The Kier molecular flexibility index (Phi) is 4.45. The number of halogens is 2. The minimum atomic E-state index is -0.405. The highest BCUT2D eigenvalue weighted by Crippen LogP contribution is 2.16. The predicted molar refractivity (Wildman–Crippen MR) is 64.5 cm³/mol. The molecule has 0 aliphatic heterocycles. The lowest BCUT2D eigenvalue weighted by molar-refractivity contribution is 0.374. The molecule has 0 saturated carbocycles. The first-order valence-corrected chi connectivity index (χ1v) is 5.18. The summed E-state index contributed by atoms with van der Waals surface area (Å²) < 4.78 is 12.9. The standard InChI is InChI=1S/C10H12ClFN2S/c1-14(6-10(13)15)5-7-2-3-9(12)8(11)4-7/h2-4H,5-6H2,1H3,(H2,13,15). The Bertz CT molecular complexity index is 370. The summed E-state index contributed by atoms with van der Waals surface area (Å²) in [5, 5.41) is 0.135. The van der Waals surface area contributed by atoms with Crippen molar-refractivity contribution in [1.29, 1.82) is 0 Å². The zero-order chi connectivity index (χ0) is 11.4. The number of nitrogens with zero attached hydrogens (tertiary/aromatic N) is 1. The van der Waals surface area contributed by atoms with E-state index in [0.29, 0.717) is 18.1 Å². The quantitative estimate of drug-likeness (QED) is 0.826. The molecule has 0 heterocycles. The molecule has 1 aromatic rings. The lowest BCUT2D eigenvalue weighted by Gasteiger charge is -2.15. The first kappa shape index (κ1) is 12.4. The van der Waals surface area contributed by atoms with Crippen LogP contribution in [0.25, 0.3) is 0 Å². The van der Waals surface area contributed by atoms with E-state index in [1.54, 1.807) is 12.1 Å². The molecular formula is C10H12ClFN2S. The van der Waals surface area contributed by atoms with Crippen LogP contribution in [-0.2, 0) is 6.54 Å². The van der Waals surface area contributed by atoms with E-state index in [1.165, 1.54) is 6.07 Å². The molecular weight excluding hydrogens is 235 g/mol. The van der Waals surface area contributed by atoms with Crippen LogP contribution in [0.1, 0.15) is 5.56 Å². The summed E-state index contributed by atoms with van der Waals surface area (Å²) in [6.45, 7) is 1.17. The monoisotopic (exact) mass is 246 g/mol. The Morgan fingerprint density at radius 2 is 2.27 bits per heavy atom. The summed E-state index contributed by atoms with van der Waals surface area (Å²) >= 11 is 10.4. The summed E-state index contributed by atoms with van der Waals surface area (Å²) in [5.41, 5.74) is 6.34. The number of nitrogens with two attached hydrogens (primary N) is 1. The second-order valence-electron chi connectivity index (χ2n) is 3.39. The molecule has 0 unspecified atom stereocenters. The third-order valence-electron chi connectivity index (χ3n) is 1.86. The van der Waals surface area contributed by atoms with Gasteiger partial charge in [-0.05, 0) is 24.7 Å². The van der Waals surface area contributed by atoms with Gasteiger partial charge in [0.15, 0.2) is 0 Å². The van der Waals surface area contributed by atoms with Crippen molar-refractivity contribution in [1.82, 2.24) is 4.90 Å². The fourth-order valence-corrected chi connectivity index (χ4v) is 1.70. The first-order valence-electron chi connectivity index (χ1n) is 4.40. The average molecular weight is 247 g/mol. The highest BCUT2D eigenvalue weighted by atomic mass is 35.5. The average Bonchev–Trinajstić information content (AvgIpc) is 2.10. The summed E-state index contributed by atoms with van der Waals surface area (Å²) in [7, 11) is 1.89. The summed E-state index contributed by atoms with van der Waals surface area (Å²) in [4.78, 5) is 2.37. The molecule has 5 heteroatoms. The van der Waals surface area contributed by atoms with Gasteiger partial charge in [0.05, 0.1) is 10.0 Å². The smallest absolute Gasteiger partial charge is 0.141 e. The number of rotatable bonds is 4. The van der Waals surface area contributed by atoms with Gasteiger partial charge in [0, 0.05) is 13.1 Å². The van der Waals surface area contributed by atoms with Crippen LogP contribution in [0.4, 0.5) is 4.39 Å². The highest BCUT2D eigenvalue weighted by molar-refractivity contribution is 7.80. The lowest BCUT2D eigenvalue weighted by Crippen LogP contribution is -2.28.